The van der Waals surface area contributed by atoms with E-state index in [0.29, 0.717) is 56.5 Å². The number of rotatable bonds is 7. The van der Waals surface area contributed by atoms with Gasteiger partial charge in [0.1, 0.15) is 0 Å². The number of fused-ring (bicyclic) bond motifs is 1. The van der Waals surface area contributed by atoms with Gasteiger partial charge in [0.2, 0.25) is 17.8 Å². The van der Waals surface area contributed by atoms with Crippen molar-refractivity contribution in [3.63, 3.8) is 0 Å². The first-order valence-electron chi connectivity index (χ1n) is 11.7. The zero-order valence-corrected chi connectivity index (χ0v) is 18.7. The lowest BCUT2D eigenvalue weighted by molar-refractivity contribution is -0.133. The molecule has 0 radical (unpaired) electrons. The average molecular weight is 454 g/mol. The van der Waals surface area contributed by atoms with Crippen LogP contribution in [0.5, 0.6) is 0 Å². The number of hydrogen-bond acceptors (Lipinski definition) is 9. The molecule has 3 atom stereocenters. The average Bonchev–Trinajstić information content (AvgIpc) is 3.24. The maximum atomic E-state index is 13.6. The summed E-state index contributed by atoms with van der Waals surface area (Å²) < 4.78 is 38.2. The molecule has 4 fully saturated rings. The van der Waals surface area contributed by atoms with E-state index in [9.17, 15) is 8.78 Å². The maximum Gasteiger partial charge on any atom is 0.251 e. The second kappa shape index (κ2) is 9.18. The van der Waals surface area contributed by atoms with Crippen molar-refractivity contribution in [3.8, 4) is 0 Å². The second-order valence-electron chi connectivity index (χ2n) is 9.26. The van der Waals surface area contributed by atoms with E-state index in [4.69, 9.17) is 14.5 Å². The number of aromatic nitrogens is 3. The SMILES string of the molecule is CO[C@@H]1C[C@H]2CN(c3nc(NCCC4CCC4(F)F)nc(N4CCOCC4)n3)CCN2C1. The van der Waals surface area contributed by atoms with E-state index in [0.717, 1.165) is 45.7 Å². The Morgan fingerprint density at radius 3 is 2.53 bits per heavy atom. The first kappa shape index (κ1) is 22.0. The molecule has 178 valence electrons. The summed E-state index contributed by atoms with van der Waals surface area (Å²) in [6.07, 6.45) is 2.30. The number of anilines is 3. The lowest BCUT2D eigenvalue weighted by Gasteiger charge is -2.37. The van der Waals surface area contributed by atoms with Crippen LogP contribution in [0.15, 0.2) is 0 Å². The molecule has 1 saturated carbocycles. The van der Waals surface area contributed by atoms with Gasteiger partial charge in [-0.3, -0.25) is 4.90 Å². The topological polar surface area (TPSA) is 78.9 Å². The fourth-order valence-corrected chi connectivity index (χ4v) is 5.11. The van der Waals surface area contributed by atoms with Crippen LogP contribution in [0.25, 0.3) is 0 Å². The van der Waals surface area contributed by atoms with Gasteiger partial charge in [0.05, 0.1) is 19.3 Å². The standard InChI is InChI=1S/C21H33F2N7O2/c1-31-17-12-16-13-30(7-6-29(16)14-17)20-26-18(24-5-3-15-2-4-21(15,22)23)25-19(27-20)28-8-10-32-11-9-28/h15-17H,2-14H2,1H3,(H,24,25,26,27)/t15?,16-,17+/m0/s1. The van der Waals surface area contributed by atoms with Crippen molar-refractivity contribution in [2.45, 2.75) is 43.8 Å². The number of nitrogens with zero attached hydrogens (tertiary/aromatic N) is 6. The highest BCUT2D eigenvalue weighted by atomic mass is 19.3. The van der Waals surface area contributed by atoms with Crippen LogP contribution in [0, 0.1) is 5.92 Å². The number of ether oxygens (including phenoxy) is 2. The van der Waals surface area contributed by atoms with Crippen LogP contribution in [0.4, 0.5) is 26.6 Å². The van der Waals surface area contributed by atoms with Crippen molar-refractivity contribution >= 4 is 17.8 Å². The Morgan fingerprint density at radius 2 is 1.84 bits per heavy atom. The predicted octanol–water partition coefficient (Wildman–Crippen LogP) is 1.46. The fourth-order valence-electron chi connectivity index (χ4n) is 5.11. The summed E-state index contributed by atoms with van der Waals surface area (Å²) in [5.41, 5.74) is 0. The highest BCUT2D eigenvalue weighted by Crippen LogP contribution is 2.45. The molecule has 0 aromatic carbocycles. The third-order valence-corrected chi connectivity index (χ3v) is 7.30. The van der Waals surface area contributed by atoms with Crippen LogP contribution in [-0.4, -0.2) is 104 Å². The molecule has 11 heteroatoms. The number of halogens is 2. The van der Waals surface area contributed by atoms with Gasteiger partial charge in [-0.25, -0.2) is 8.78 Å². The minimum absolute atomic E-state index is 0.00578. The van der Waals surface area contributed by atoms with Gasteiger partial charge < -0.3 is 24.6 Å². The zero-order chi connectivity index (χ0) is 22.1. The molecular weight excluding hydrogens is 420 g/mol. The maximum absolute atomic E-state index is 13.6. The molecule has 1 N–H and O–H groups in total. The van der Waals surface area contributed by atoms with Crippen molar-refractivity contribution in [1.29, 1.82) is 0 Å². The number of methoxy groups -OCH3 is 1. The highest BCUT2D eigenvalue weighted by molar-refractivity contribution is 5.46. The summed E-state index contributed by atoms with van der Waals surface area (Å²) in [6, 6.07) is 0.426. The van der Waals surface area contributed by atoms with Crippen molar-refractivity contribution in [1.82, 2.24) is 19.9 Å². The molecule has 4 aliphatic rings. The second-order valence-corrected chi connectivity index (χ2v) is 9.26. The normalized spacial score (nSPS) is 30.2. The zero-order valence-electron chi connectivity index (χ0n) is 18.7. The van der Waals surface area contributed by atoms with Crippen molar-refractivity contribution < 1.29 is 18.3 Å². The first-order valence-corrected chi connectivity index (χ1v) is 11.7. The van der Waals surface area contributed by atoms with Gasteiger partial charge in [0.25, 0.3) is 5.92 Å². The molecule has 4 heterocycles. The van der Waals surface area contributed by atoms with Crippen LogP contribution in [0.2, 0.25) is 0 Å². The van der Waals surface area contributed by atoms with Gasteiger partial charge in [0.15, 0.2) is 0 Å². The Balaban J connectivity index is 1.30. The predicted molar refractivity (Wildman–Crippen MR) is 117 cm³/mol. The third kappa shape index (κ3) is 4.60. The summed E-state index contributed by atoms with van der Waals surface area (Å²) in [7, 11) is 1.78. The Morgan fingerprint density at radius 1 is 1.06 bits per heavy atom. The number of alkyl halides is 2. The molecule has 3 saturated heterocycles. The Bertz CT molecular complexity index is 795. The summed E-state index contributed by atoms with van der Waals surface area (Å²) >= 11 is 0. The summed E-state index contributed by atoms with van der Waals surface area (Å²) in [5, 5.41) is 3.19. The molecule has 3 aliphatic heterocycles. The van der Waals surface area contributed by atoms with Gasteiger partial charge >= 0.3 is 0 Å². The molecule has 5 rings (SSSR count). The van der Waals surface area contributed by atoms with Crippen LogP contribution in [-0.2, 0) is 9.47 Å². The molecule has 1 aromatic rings. The van der Waals surface area contributed by atoms with Crippen LogP contribution in [0.1, 0.15) is 25.7 Å². The van der Waals surface area contributed by atoms with Crippen molar-refractivity contribution in [3.05, 3.63) is 0 Å². The van der Waals surface area contributed by atoms with E-state index in [1.54, 1.807) is 7.11 Å². The van der Waals surface area contributed by atoms with Crippen LogP contribution in [0.3, 0.4) is 0 Å². The van der Waals surface area contributed by atoms with Gasteiger partial charge in [-0.15, -0.1) is 0 Å². The Labute approximate surface area is 187 Å². The Kier molecular flexibility index (Phi) is 6.31. The van der Waals surface area contributed by atoms with E-state index in [1.165, 1.54) is 0 Å². The van der Waals surface area contributed by atoms with E-state index >= 15 is 0 Å². The first-order chi connectivity index (χ1) is 15.5. The van der Waals surface area contributed by atoms with E-state index in [1.807, 2.05) is 0 Å². The van der Waals surface area contributed by atoms with Crippen LogP contribution >= 0.6 is 0 Å². The minimum Gasteiger partial charge on any atom is -0.380 e. The molecule has 32 heavy (non-hydrogen) atoms. The van der Waals surface area contributed by atoms with Crippen molar-refractivity contribution in [2.75, 3.05) is 81.3 Å². The number of morpholine rings is 1. The molecule has 9 nitrogen and oxygen atoms in total. The lowest BCUT2D eigenvalue weighted by Crippen LogP contribution is -2.51. The number of hydrogen-bond donors (Lipinski definition) is 1. The van der Waals surface area contributed by atoms with Gasteiger partial charge in [0, 0.05) is 71.3 Å². The van der Waals surface area contributed by atoms with Crippen LogP contribution < -0.4 is 15.1 Å². The van der Waals surface area contributed by atoms with E-state index < -0.39 is 11.8 Å². The lowest BCUT2D eigenvalue weighted by atomic mass is 9.78. The van der Waals surface area contributed by atoms with E-state index in [-0.39, 0.29) is 12.5 Å². The molecule has 1 aromatic heterocycles. The molecule has 0 amide bonds. The van der Waals surface area contributed by atoms with Gasteiger partial charge in [-0.2, -0.15) is 15.0 Å². The molecule has 1 aliphatic carbocycles. The fraction of sp³-hybridized carbons (Fsp3) is 0.857. The van der Waals surface area contributed by atoms with Crippen molar-refractivity contribution in [2.24, 2.45) is 5.92 Å². The Hall–Kier alpha value is -1.85. The summed E-state index contributed by atoms with van der Waals surface area (Å²) in [5.74, 6) is -1.33. The monoisotopic (exact) mass is 453 g/mol. The quantitative estimate of drug-likeness (QED) is 0.660. The molecule has 0 bridgehead atoms. The summed E-state index contributed by atoms with van der Waals surface area (Å²) in [6.45, 7) is 6.77. The van der Waals surface area contributed by atoms with Gasteiger partial charge in [-0.1, -0.05) is 0 Å². The largest absolute Gasteiger partial charge is 0.380 e. The molecule has 1 unspecified atom stereocenters. The smallest absolute Gasteiger partial charge is 0.251 e. The number of piperazine rings is 1. The minimum atomic E-state index is -2.52. The number of nitrogens with one attached hydrogen (secondary N) is 1. The molecule has 0 spiro atoms. The summed E-state index contributed by atoms with van der Waals surface area (Å²) in [4.78, 5) is 20.9. The van der Waals surface area contributed by atoms with E-state index in [2.05, 4.69) is 30.0 Å². The highest BCUT2D eigenvalue weighted by Gasteiger charge is 2.47. The molecular formula is C21H33F2N7O2. The third-order valence-electron chi connectivity index (χ3n) is 7.30. The van der Waals surface area contributed by atoms with Gasteiger partial charge in [-0.05, 0) is 19.3 Å².